The smallest absolute Gasteiger partial charge is 0.217 e. The van der Waals surface area contributed by atoms with Gasteiger partial charge < -0.3 is 20.1 Å². The predicted octanol–water partition coefficient (Wildman–Crippen LogP) is 6.14. The van der Waals surface area contributed by atoms with Gasteiger partial charge in [0, 0.05) is 19.0 Å². The summed E-state index contributed by atoms with van der Waals surface area (Å²) in [5.74, 6) is 1.77. The number of nitrogens with one attached hydrogen (secondary N) is 2. The highest BCUT2D eigenvalue weighted by Crippen LogP contribution is 2.49. The van der Waals surface area contributed by atoms with Crippen LogP contribution in [-0.2, 0) is 14.3 Å². The van der Waals surface area contributed by atoms with E-state index in [2.05, 4.69) is 31.5 Å². The molecule has 5 nitrogen and oxygen atoms in total. The second-order valence-electron chi connectivity index (χ2n) is 13.0. The number of amides is 1. The van der Waals surface area contributed by atoms with E-state index in [-0.39, 0.29) is 5.91 Å². The van der Waals surface area contributed by atoms with Crippen LogP contribution in [0.25, 0.3) is 0 Å². The topological polar surface area (TPSA) is 59.6 Å². The van der Waals surface area contributed by atoms with Crippen molar-refractivity contribution >= 4 is 5.91 Å². The fourth-order valence-corrected chi connectivity index (χ4v) is 7.88. The minimum Gasteiger partial charge on any atom is -0.375 e. The van der Waals surface area contributed by atoms with Crippen LogP contribution in [-0.4, -0.2) is 49.5 Å². The third-order valence-electron chi connectivity index (χ3n) is 10.4. The van der Waals surface area contributed by atoms with Crippen LogP contribution in [0.2, 0.25) is 0 Å². The predicted molar refractivity (Wildman–Crippen MR) is 142 cm³/mol. The van der Waals surface area contributed by atoms with Gasteiger partial charge in [-0.25, -0.2) is 0 Å². The second-order valence-corrected chi connectivity index (χ2v) is 13.0. The first kappa shape index (κ1) is 27.4. The Labute approximate surface area is 215 Å². The zero-order chi connectivity index (χ0) is 24.8. The van der Waals surface area contributed by atoms with Crippen LogP contribution >= 0.6 is 0 Å². The molecule has 0 radical (unpaired) electrons. The van der Waals surface area contributed by atoms with Gasteiger partial charge in [0.2, 0.25) is 5.91 Å². The molecule has 0 bridgehead atoms. The molecule has 4 aliphatic carbocycles. The maximum atomic E-state index is 11.3. The van der Waals surface area contributed by atoms with Gasteiger partial charge in [-0.2, -0.15) is 0 Å². The lowest BCUT2D eigenvalue weighted by Crippen LogP contribution is -2.41. The first-order valence-electron chi connectivity index (χ1n) is 15.1. The molecule has 4 aliphatic rings. The third-order valence-corrected chi connectivity index (χ3v) is 10.4. The van der Waals surface area contributed by atoms with Crippen molar-refractivity contribution in [3.05, 3.63) is 0 Å². The van der Waals surface area contributed by atoms with Gasteiger partial charge >= 0.3 is 0 Å². The van der Waals surface area contributed by atoms with E-state index in [4.69, 9.17) is 9.47 Å². The van der Waals surface area contributed by atoms with E-state index in [0.717, 1.165) is 37.5 Å². The molecule has 5 heteroatoms. The highest BCUT2D eigenvalue weighted by molar-refractivity contribution is 5.73. The fraction of sp³-hybridized carbons (Fsp3) is 0.967. The van der Waals surface area contributed by atoms with E-state index < -0.39 is 0 Å². The highest BCUT2D eigenvalue weighted by Gasteiger charge is 2.41. The molecule has 4 rings (SSSR count). The standard InChI is InChI=1S/C30H54N2O3/c1-21(33)32-25-11-19-29(20-12-25)35-27-15-7-23(8-16-27)30(2,3)22-5-13-26(14-6-22)34-28-17-9-24(31-4)10-18-28/h22-29,31H,5-20H2,1-4H3,(H,32,33). The van der Waals surface area contributed by atoms with Crippen LogP contribution in [0.1, 0.15) is 124 Å². The van der Waals surface area contributed by atoms with E-state index in [9.17, 15) is 4.79 Å². The number of carbonyl (C=O) groups is 1. The van der Waals surface area contributed by atoms with E-state index in [1.807, 2.05) is 0 Å². The molecule has 202 valence electrons. The molecule has 2 N–H and O–H groups in total. The highest BCUT2D eigenvalue weighted by atomic mass is 16.5. The molecule has 4 fully saturated rings. The van der Waals surface area contributed by atoms with Crippen LogP contribution in [0.5, 0.6) is 0 Å². The monoisotopic (exact) mass is 490 g/mol. The summed E-state index contributed by atoms with van der Waals surface area (Å²) in [5, 5.41) is 6.52. The lowest BCUT2D eigenvalue weighted by Gasteiger charge is -2.47. The second kappa shape index (κ2) is 12.7. The van der Waals surface area contributed by atoms with Crippen molar-refractivity contribution < 1.29 is 14.3 Å². The Balaban J connectivity index is 1.14. The Morgan fingerprint density at radius 3 is 1.29 bits per heavy atom. The third kappa shape index (κ3) is 7.68. The zero-order valence-electron chi connectivity index (χ0n) is 23.2. The van der Waals surface area contributed by atoms with Gasteiger partial charge in [0.05, 0.1) is 24.4 Å². The maximum Gasteiger partial charge on any atom is 0.217 e. The molecule has 0 heterocycles. The molecular formula is C30H54N2O3. The number of hydrogen-bond acceptors (Lipinski definition) is 4. The van der Waals surface area contributed by atoms with Gasteiger partial charge in [-0.05, 0) is 127 Å². The molecule has 0 atom stereocenters. The largest absolute Gasteiger partial charge is 0.375 e. The van der Waals surface area contributed by atoms with Gasteiger partial charge in [0.15, 0.2) is 0 Å². The minimum absolute atomic E-state index is 0.100. The molecule has 1 amide bonds. The number of hydrogen-bond donors (Lipinski definition) is 2. The van der Waals surface area contributed by atoms with Crippen molar-refractivity contribution in [1.29, 1.82) is 0 Å². The zero-order valence-corrected chi connectivity index (χ0v) is 23.2. The summed E-state index contributed by atoms with van der Waals surface area (Å²) in [6.07, 6.45) is 21.5. The summed E-state index contributed by atoms with van der Waals surface area (Å²) < 4.78 is 13.1. The first-order valence-corrected chi connectivity index (χ1v) is 15.1. The van der Waals surface area contributed by atoms with E-state index in [0.29, 0.717) is 41.9 Å². The molecule has 4 saturated carbocycles. The van der Waals surface area contributed by atoms with Crippen molar-refractivity contribution in [2.24, 2.45) is 17.3 Å². The lowest BCUT2D eigenvalue weighted by molar-refractivity contribution is -0.120. The average molecular weight is 491 g/mol. The molecule has 35 heavy (non-hydrogen) atoms. The van der Waals surface area contributed by atoms with Crippen molar-refractivity contribution in [2.45, 2.75) is 160 Å². The van der Waals surface area contributed by atoms with E-state index >= 15 is 0 Å². The van der Waals surface area contributed by atoms with E-state index in [1.165, 1.54) is 77.0 Å². The molecule has 0 aliphatic heterocycles. The Morgan fingerprint density at radius 1 is 0.600 bits per heavy atom. The number of rotatable bonds is 8. The van der Waals surface area contributed by atoms with Crippen LogP contribution in [0, 0.1) is 17.3 Å². The normalized spacial score (nSPS) is 39.2. The quantitative estimate of drug-likeness (QED) is 0.429. The van der Waals surface area contributed by atoms with Crippen LogP contribution in [0.15, 0.2) is 0 Å². The van der Waals surface area contributed by atoms with Gasteiger partial charge in [-0.1, -0.05) is 13.8 Å². The maximum absolute atomic E-state index is 11.3. The van der Waals surface area contributed by atoms with Crippen LogP contribution < -0.4 is 10.6 Å². The lowest BCUT2D eigenvalue weighted by atomic mass is 9.60. The summed E-state index contributed by atoms with van der Waals surface area (Å²) >= 11 is 0. The Kier molecular flexibility index (Phi) is 9.97. The molecule has 0 saturated heterocycles. The van der Waals surface area contributed by atoms with Crippen molar-refractivity contribution in [1.82, 2.24) is 10.6 Å². The molecular weight excluding hydrogens is 436 g/mol. The van der Waals surface area contributed by atoms with Gasteiger partial charge in [0.25, 0.3) is 0 Å². The Bertz CT molecular complexity index is 636. The SMILES string of the molecule is CNC1CCC(OC2CCC(C(C)(C)C3CCC(OC4CCC(NC(C)=O)CC4)CC3)CC2)CC1. The molecule has 0 aromatic rings. The average Bonchev–Trinajstić information content (AvgIpc) is 2.86. The van der Waals surface area contributed by atoms with Gasteiger partial charge in [-0.3, -0.25) is 4.79 Å². The first-order chi connectivity index (χ1) is 16.8. The Hall–Kier alpha value is -0.650. The van der Waals surface area contributed by atoms with Crippen LogP contribution in [0.4, 0.5) is 0 Å². The van der Waals surface area contributed by atoms with Crippen molar-refractivity contribution in [2.75, 3.05) is 7.05 Å². The van der Waals surface area contributed by atoms with Crippen molar-refractivity contribution in [3.63, 3.8) is 0 Å². The fourth-order valence-electron chi connectivity index (χ4n) is 7.88. The van der Waals surface area contributed by atoms with Gasteiger partial charge in [-0.15, -0.1) is 0 Å². The summed E-state index contributed by atoms with van der Waals surface area (Å²) in [7, 11) is 2.09. The van der Waals surface area contributed by atoms with Crippen LogP contribution in [0.3, 0.4) is 0 Å². The number of ether oxygens (including phenoxy) is 2. The molecule has 0 aromatic heterocycles. The Morgan fingerprint density at radius 2 is 0.943 bits per heavy atom. The van der Waals surface area contributed by atoms with E-state index in [1.54, 1.807) is 6.92 Å². The van der Waals surface area contributed by atoms with Crippen molar-refractivity contribution in [3.8, 4) is 0 Å². The summed E-state index contributed by atoms with van der Waals surface area (Å²) in [4.78, 5) is 11.3. The summed E-state index contributed by atoms with van der Waals surface area (Å²) in [6, 6.07) is 1.06. The summed E-state index contributed by atoms with van der Waals surface area (Å²) in [6.45, 7) is 6.75. The summed E-state index contributed by atoms with van der Waals surface area (Å²) in [5.41, 5.74) is 0.428. The molecule has 0 aromatic carbocycles. The number of carbonyl (C=O) groups excluding carboxylic acids is 1. The minimum atomic E-state index is 0.100. The molecule has 0 unspecified atom stereocenters. The van der Waals surface area contributed by atoms with Gasteiger partial charge in [0.1, 0.15) is 0 Å². The molecule has 0 spiro atoms.